The third-order valence-electron chi connectivity index (χ3n) is 2.79. The van der Waals surface area contributed by atoms with Crippen LogP contribution in [0.5, 0.6) is 0 Å². The number of hydrogen-bond donors (Lipinski definition) is 0. The molecule has 0 spiro atoms. The Bertz CT molecular complexity index is 280. The first-order valence-corrected chi connectivity index (χ1v) is 7.77. The molecule has 19 heavy (non-hydrogen) atoms. The predicted molar refractivity (Wildman–Crippen MR) is 73.7 cm³/mol. The summed E-state index contributed by atoms with van der Waals surface area (Å²) in [6.07, 6.45) is 7.05. The van der Waals surface area contributed by atoms with Crippen LogP contribution in [-0.4, -0.2) is 29.5 Å². The predicted octanol–water partition coefficient (Wildman–Crippen LogP) is 2.51. The van der Waals surface area contributed by atoms with Crippen LogP contribution in [-0.2, 0) is 29.3 Å². The number of Topliss-reactive ketones (excluding diaryl/α,β-unsaturated/α-hetero) is 1. The van der Waals surface area contributed by atoms with Crippen LogP contribution in [0.4, 0.5) is 0 Å². The van der Waals surface area contributed by atoms with Gasteiger partial charge >= 0.3 is 11.4 Å². The highest BCUT2D eigenvalue weighted by atomic mass is 32.2. The van der Waals surface area contributed by atoms with Crippen molar-refractivity contribution in [2.24, 2.45) is 0 Å². The average Bonchev–Trinajstić information content (AvgIpc) is 2.43. The van der Waals surface area contributed by atoms with E-state index in [1.807, 2.05) is 0 Å². The van der Waals surface area contributed by atoms with Gasteiger partial charge in [0.05, 0.1) is 7.11 Å². The van der Waals surface area contributed by atoms with Gasteiger partial charge in [0.1, 0.15) is 0 Å². The van der Waals surface area contributed by atoms with E-state index in [1.165, 1.54) is 32.8 Å². The number of aldehydes is 1. The van der Waals surface area contributed by atoms with E-state index >= 15 is 0 Å². The van der Waals surface area contributed by atoms with Crippen molar-refractivity contribution in [3.63, 3.8) is 0 Å². The van der Waals surface area contributed by atoms with Gasteiger partial charge in [-0.1, -0.05) is 45.4 Å². The minimum Gasteiger partial charge on any atom is -0.300 e. The van der Waals surface area contributed by atoms with Crippen LogP contribution >= 0.6 is 0 Å². The van der Waals surface area contributed by atoms with Gasteiger partial charge in [-0.25, -0.2) is 4.18 Å². The second-order valence-corrected chi connectivity index (χ2v) is 5.30. The van der Waals surface area contributed by atoms with Gasteiger partial charge in [-0.15, -0.1) is 0 Å². The summed E-state index contributed by atoms with van der Waals surface area (Å²) in [5.74, 6) is -0.339. The fourth-order valence-electron chi connectivity index (χ4n) is 1.67. The molecule has 0 saturated heterocycles. The molecule has 0 saturated carbocycles. The third-order valence-corrected chi connectivity index (χ3v) is 3.42. The second kappa shape index (κ2) is 12.4. The molecule has 112 valence electrons. The summed E-state index contributed by atoms with van der Waals surface area (Å²) in [5.41, 5.74) is 0. The molecule has 2 unspecified atom stereocenters. The Balaban J connectivity index is 3.70. The smallest absolute Gasteiger partial charge is 0.300 e. The van der Waals surface area contributed by atoms with Gasteiger partial charge < -0.3 is 0 Å². The largest absolute Gasteiger partial charge is 0.305 e. The van der Waals surface area contributed by atoms with E-state index in [-0.39, 0.29) is 12.2 Å². The number of ketones is 1. The first-order chi connectivity index (χ1) is 9.15. The Morgan fingerprint density at radius 2 is 1.74 bits per heavy atom. The molecule has 0 rings (SSSR count). The van der Waals surface area contributed by atoms with Gasteiger partial charge in [0.2, 0.25) is 0 Å². The lowest BCUT2D eigenvalue weighted by molar-refractivity contribution is -0.131. The summed E-state index contributed by atoms with van der Waals surface area (Å²) in [6.45, 7) is 2.17. The SMILES string of the molecule is CCCCCCCCCC(=O)C(C=O)OS(=O)OC. The molecule has 0 aromatic heterocycles. The highest BCUT2D eigenvalue weighted by Gasteiger charge is 2.20. The van der Waals surface area contributed by atoms with Crippen LogP contribution in [0.15, 0.2) is 0 Å². The lowest BCUT2D eigenvalue weighted by Crippen LogP contribution is -2.26. The second-order valence-electron chi connectivity index (χ2n) is 4.36. The highest BCUT2D eigenvalue weighted by molar-refractivity contribution is 7.75. The standard InChI is InChI=1S/C13H24O5S/c1-3-4-5-6-7-8-9-10-12(15)13(11-14)18-19(16)17-2/h11,13H,3-10H2,1-2H3. The van der Waals surface area contributed by atoms with Crippen molar-refractivity contribution >= 4 is 23.4 Å². The summed E-state index contributed by atoms with van der Waals surface area (Å²) >= 11 is -2.04. The summed E-state index contributed by atoms with van der Waals surface area (Å²) < 4.78 is 19.9. The Labute approximate surface area is 117 Å². The average molecular weight is 292 g/mol. The molecule has 2 atom stereocenters. The normalized spacial score (nSPS) is 14.0. The van der Waals surface area contributed by atoms with Crippen LogP contribution in [0.2, 0.25) is 0 Å². The topological polar surface area (TPSA) is 69.7 Å². The highest BCUT2D eigenvalue weighted by Crippen LogP contribution is 2.10. The van der Waals surface area contributed by atoms with Gasteiger partial charge in [0.25, 0.3) is 0 Å². The van der Waals surface area contributed by atoms with E-state index in [1.54, 1.807) is 0 Å². The van der Waals surface area contributed by atoms with E-state index in [0.717, 1.165) is 19.3 Å². The summed E-state index contributed by atoms with van der Waals surface area (Å²) in [7, 11) is 1.18. The van der Waals surface area contributed by atoms with Crippen LogP contribution in [0.25, 0.3) is 0 Å². The summed E-state index contributed by atoms with van der Waals surface area (Å²) in [6, 6.07) is 0. The Morgan fingerprint density at radius 1 is 1.16 bits per heavy atom. The van der Waals surface area contributed by atoms with Gasteiger partial charge in [-0.05, 0) is 6.42 Å². The molecular formula is C13H24O5S. The molecule has 0 heterocycles. The van der Waals surface area contributed by atoms with Crippen LogP contribution in [0, 0.1) is 0 Å². The lowest BCUT2D eigenvalue weighted by Gasteiger charge is -2.08. The van der Waals surface area contributed by atoms with Crippen molar-refractivity contribution in [3.05, 3.63) is 0 Å². The lowest BCUT2D eigenvalue weighted by atomic mass is 10.1. The zero-order chi connectivity index (χ0) is 14.5. The zero-order valence-corrected chi connectivity index (χ0v) is 12.6. The van der Waals surface area contributed by atoms with E-state index in [0.29, 0.717) is 6.29 Å². The minimum atomic E-state index is -2.04. The van der Waals surface area contributed by atoms with Gasteiger partial charge in [-0.3, -0.25) is 13.8 Å². The molecule has 0 amide bonds. The maximum atomic E-state index is 11.6. The maximum absolute atomic E-state index is 11.6. The molecule has 5 nitrogen and oxygen atoms in total. The van der Waals surface area contributed by atoms with Crippen molar-refractivity contribution in [1.82, 2.24) is 0 Å². The van der Waals surface area contributed by atoms with Crippen molar-refractivity contribution in [3.8, 4) is 0 Å². The van der Waals surface area contributed by atoms with E-state index < -0.39 is 17.5 Å². The van der Waals surface area contributed by atoms with E-state index in [9.17, 15) is 13.8 Å². The monoisotopic (exact) mass is 292 g/mol. The van der Waals surface area contributed by atoms with Crippen LogP contribution in [0.3, 0.4) is 0 Å². The van der Waals surface area contributed by atoms with Crippen molar-refractivity contribution in [1.29, 1.82) is 0 Å². The van der Waals surface area contributed by atoms with Crippen molar-refractivity contribution in [2.75, 3.05) is 7.11 Å². The van der Waals surface area contributed by atoms with Gasteiger partial charge in [0.15, 0.2) is 18.2 Å². The molecule has 0 aromatic carbocycles. The first-order valence-electron chi connectivity index (χ1n) is 6.77. The van der Waals surface area contributed by atoms with E-state index in [4.69, 9.17) is 0 Å². The molecule has 0 bridgehead atoms. The number of carbonyl (C=O) groups is 2. The summed E-state index contributed by atoms with van der Waals surface area (Å²) in [5, 5.41) is 0. The number of rotatable bonds is 13. The molecule has 6 heteroatoms. The summed E-state index contributed by atoms with van der Waals surface area (Å²) in [4.78, 5) is 22.3. The Morgan fingerprint density at radius 3 is 2.26 bits per heavy atom. The third kappa shape index (κ3) is 9.92. The number of hydrogen-bond acceptors (Lipinski definition) is 5. The quantitative estimate of drug-likeness (QED) is 0.296. The molecule has 0 aromatic rings. The maximum Gasteiger partial charge on any atom is 0.305 e. The fourth-order valence-corrected chi connectivity index (χ4v) is 2.08. The van der Waals surface area contributed by atoms with Gasteiger partial charge in [-0.2, -0.15) is 4.21 Å². The Kier molecular flexibility index (Phi) is 12.1. The number of unbranched alkanes of at least 4 members (excludes halogenated alkanes) is 6. The van der Waals surface area contributed by atoms with Crippen LogP contribution < -0.4 is 0 Å². The van der Waals surface area contributed by atoms with Crippen molar-refractivity contribution in [2.45, 2.75) is 64.4 Å². The van der Waals surface area contributed by atoms with E-state index in [2.05, 4.69) is 15.3 Å². The Hall–Kier alpha value is -0.590. The molecule has 0 N–H and O–H groups in total. The van der Waals surface area contributed by atoms with Crippen molar-refractivity contribution < 1.29 is 22.2 Å². The molecule has 0 radical (unpaired) electrons. The minimum absolute atomic E-state index is 0.276. The molecular weight excluding hydrogens is 268 g/mol. The van der Waals surface area contributed by atoms with Gasteiger partial charge in [0, 0.05) is 6.42 Å². The molecule has 0 aliphatic carbocycles. The zero-order valence-electron chi connectivity index (χ0n) is 11.8. The number of carbonyl (C=O) groups excluding carboxylic acids is 2. The fraction of sp³-hybridized carbons (Fsp3) is 0.846. The molecule has 0 fully saturated rings. The molecule has 0 aliphatic rings. The molecule has 0 aliphatic heterocycles. The first kappa shape index (κ1) is 18.4. The van der Waals surface area contributed by atoms with Crippen LogP contribution in [0.1, 0.15) is 58.3 Å².